The number of hydrogen-bond acceptors (Lipinski definition) is 3. The normalized spacial score (nSPS) is 26.5. The van der Waals surface area contributed by atoms with E-state index in [1.807, 2.05) is 0 Å². The van der Waals surface area contributed by atoms with Gasteiger partial charge in [-0.05, 0) is 55.0 Å². The maximum atomic E-state index is 5.47. The molecule has 1 unspecified atom stereocenters. The van der Waals surface area contributed by atoms with E-state index in [2.05, 4.69) is 24.0 Å². The highest BCUT2D eigenvalue weighted by molar-refractivity contribution is 5.49. The van der Waals surface area contributed by atoms with Gasteiger partial charge in [0.15, 0.2) is 11.5 Å². The van der Waals surface area contributed by atoms with Crippen LogP contribution in [-0.4, -0.2) is 32.2 Å². The fourth-order valence-electron chi connectivity index (χ4n) is 3.51. The van der Waals surface area contributed by atoms with Gasteiger partial charge in [0.2, 0.25) is 0 Å². The first kappa shape index (κ1) is 12.8. The molecule has 0 N–H and O–H groups in total. The highest BCUT2D eigenvalue weighted by Crippen LogP contribution is 2.42. The number of hydrogen-bond donors (Lipinski definition) is 0. The van der Waals surface area contributed by atoms with Gasteiger partial charge in [-0.25, -0.2) is 0 Å². The van der Waals surface area contributed by atoms with E-state index in [0.717, 1.165) is 23.8 Å². The standard InChI is InChI=1S/C16H23NO2/c1-11-4-6-17-7-5-12-9-15(18-2)16(19-3)10-13(12)14(17)8-11/h9-11,14H,4-8H2,1-3H3/t11-,14?/m0/s1. The van der Waals surface area contributed by atoms with Crippen molar-refractivity contribution in [3.8, 4) is 11.5 Å². The molecular formula is C16H23NO2. The Labute approximate surface area is 115 Å². The molecule has 1 saturated heterocycles. The summed E-state index contributed by atoms with van der Waals surface area (Å²) in [5, 5.41) is 0. The van der Waals surface area contributed by atoms with E-state index in [-0.39, 0.29) is 0 Å². The van der Waals surface area contributed by atoms with Crippen LogP contribution in [0.1, 0.15) is 36.9 Å². The SMILES string of the molecule is COc1cc2c(cc1OC)C1C[C@@H](C)CCN1CC2. The third-order valence-corrected chi connectivity index (χ3v) is 4.65. The summed E-state index contributed by atoms with van der Waals surface area (Å²) >= 11 is 0. The molecule has 104 valence electrons. The molecule has 1 aromatic carbocycles. The molecule has 19 heavy (non-hydrogen) atoms. The van der Waals surface area contributed by atoms with Crippen LogP contribution in [0.15, 0.2) is 12.1 Å². The second kappa shape index (κ2) is 5.04. The van der Waals surface area contributed by atoms with E-state index < -0.39 is 0 Å². The van der Waals surface area contributed by atoms with Crippen molar-refractivity contribution < 1.29 is 9.47 Å². The molecule has 0 bridgehead atoms. The first-order chi connectivity index (χ1) is 9.22. The van der Waals surface area contributed by atoms with Crippen molar-refractivity contribution in [2.24, 2.45) is 5.92 Å². The molecule has 2 aliphatic heterocycles. The predicted molar refractivity (Wildman–Crippen MR) is 76.0 cm³/mol. The largest absolute Gasteiger partial charge is 0.493 e. The topological polar surface area (TPSA) is 21.7 Å². The predicted octanol–water partition coefficient (Wildman–Crippen LogP) is 3.03. The first-order valence-corrected chi connectivity index (χ1v) is 7.21. The second-order valence-electron chi connectivity index (χ2n) is 5.84. The van der Waals surface area contributed by atoms with Gasteiger partial charge in [-0.3, -0.25) is 4.90 Å². The number of benzene rings is 1. The summed E-state index contributed by atoms with van der Waals surface area (Å²) in [6.45, 7) is 4.78. The zero-order valence-electron chi connectivity index (χ0n) is 12.1. The lowest BCUT2D eigenvalue weighted by atomic mass is 9.82. The van der Waals surface area contributed by atoms with Gasteiger partial charge in [0.05, 0.1) is 14.2 Å². The van der Waals surface area contributed by atoms with Gasteiger partial charge in [0, 0.05) is 12.6 Å². The van der Waals surface area contributed by atoms with Crippen LogP contribution in [0.5, 0.6) is 11.5 Å². The highest BCUT2D eigenvalue weighted by Gasteiger charge is 2.32. The van der Waals surface area contributed by atoms with Gasteiger partial charge in [-0.1, -0.05) is 6.92 Å². The maximum absolute atomic E-state index is 5.47. The number of rotatable bonds is 2. The van der Waals surface area contributed by atoms with Crippen molar-refractivity contribution in [2.45, 2.75) is 32.2 Å². The third-order valence-electron chi connectivity index (χ3n) is 4.65. The van der Waals surface area contributed by atoms with E-state index in [9.17, 15) is 0 Å². The minimum atomic E-state index is 0.576. The van der Waals surface area contributed by atoms with Crippen molar-refractivity contribution in [3.05, 3.63) is 23.3 Å². The van der Waals surface area contributed by atoms with Crippen LogP contribution in [0.3, 0.4) is 0 Å². The van der Waals surface area contributed by atoms with Crippen molar-refractivity contribution in [1.82, 2.24) is 4.90 Å². The molecule has 2 heterocycles. The Kier molecular flexibility index (Phi) is 3.40. The molecule has 0 radical (unpaired) electrons. The average molecular weight is 261 g/mol. The molecular weight excluding hydrogens is 238 g/mol. The molecule has 3 nitrogen and oxygen atoms in total. The molecule has 2 aliphatic rings. The van der Waals surface area contributed by atoms with E-state index in [1.165, 1.54) is 37.1 Å². The Morgan fingerprint density at radius 3 is 2.58 bits per heavy atom. The lowest BCUT2D eigenvalue weighted by Crippen LogP contribution is -2.40. The lowest BCUT2D eigenvalue weighted by Gasteiger charge is -2.43. The zero-order valence-corrected chi connectivity index (χ0v) is 12.1. The van der Waals surface area contributed by atoms with Crippen molar-refractivity contribution in [1.29, 1.82) is 0 Å². The summed E-state index contributed by atoms with van der Waals surface area (Å²) in [7, 11) is 3.43. The van der Waals surface area contributed by atoms with Gasteiger partial charge in [0.25, 0.3) is 0 Å². The van der Waals surface area contributed by atoms with E-state index in [4.69, 9.17) is 9.47 Å². The smallest absolute Gasteiger partial charge is 0.161 e. The summed E-state index contributed by atoms with van der Waals surface area (Å²) in [6, 6.07) is 4.95. The molecule has 0 aliphatic carbocycles. The van der Waals surface area contributed by atoms with Crippen LogP contribution in [0.2, 0.25) is 0 Å². The quantitative estimate of drug-likeness (QED) is 0.817. The summed E-state index contributed by atoms with van der Waals surface area (Å²) in [6.07, 6.45) is 3.72. The molecule has 1 fully saturated rings. The molecule has 0 aromatic heterocycles. The lowest BCUT2D eigenvalue weighted by molar-refractivity contribution is 0.109. The molecule has 2 atom stereocenters. The average Bonchev–Trinajstić information content (AvgIpc) is 2.45. The molecule has 0 spiro atoms. The van der Waals surface area contributed by atoms with E-state index in [0.29, 0.717) is 6.04 Å². The fourth-order valence-corrected chi connectivity index (χ4v) is 3.51. The summed E-state index contributed by atoms with van der Waals surface area (Å²) in [5.41, 5.74) is 2.89. The van der Waals surface area contributed by atoms with E-state index >= 15 is 0 Å². The number of nitrogens with zero attached hydrogens (tertiary/aromatic N) is 1. The van der Waals surface area contributed by atoms with Crippen molar-refractivity contribution >= 4 is 0 Å². The van der Waals surface area contributed by atoms with Crippen LogP contribution in [0.4, 0.5) is 0 Å². The minimum Gasteiger partial charge on any atom is -0.493 e. The van der Waals surface area contributed by atoms with Gasteiger partial charge in [-0.2, -0.15) is 0 Å². The van der Waals surface area contributed by atoms with Crippen molar-refractivity contribution in [3.63, 3.8) is 0 Å². The van der Waals surface area contributed by atoms with Gasteiger partial charge in [-0.15, -0.1) is 0 Å². The van der Waals surface area contributed by atoms with Crippen LogP contribution in [0, 0.1) is 5.92 Å². The number of ether oxygens (including phenoxy) is 2. The fraction of sp³-hybridized carbons (Fsp3) is 0.625. The van der Waals surface area contributed by atoms with Gasteiger partial charge < -0.3 is 9.47 Å². The van der Waals surface area contributed by atoms with Crippen LogP contribution < -0.4 is 9.47 Å². The number of methoxy groups -OCH3 is 2. The maximum Gasteiger partial charge on any atom is 0.161 e. The molecule has 0 amide bonds. The summed E-state index contributed by atoms with van der Waals surface area (Å²) in [4.78, 5) is 2.63. The Balaban J connectivity index is 2.01. The molecule has 3 heteroatoms. The Morgan fingerprint density at radius 2 is 1.84 bits per heavy atom. The molecule has 3 rings (SSSR count). The third kappa shape index (κ3) is 2.20. The number of piperidine rings is 1. The van der Waals surface area contributed by atoms with Crippen molar-refractivity contribution in [2.75, 3.05) is 27.3 Å². The summed E-state index contributed by atoms with van der Waals surface area (Å²) < 4.78 is 10.9. The molecule has 0 saturated carbocycles. The van der Waals surface area contributed by atoms with Gasteiger partial charge >= 0.3 is 0 Å². The van der Waals surface area contributed by atoms with Gasteiger partial charge in [0.1, 0.15) is 0 Å². The van der Waals surface area contributed by atoms with Crippen LogP contribution in [-0.2, 0) is 6.42 Å². The zero-order chi connectivity index (χ0) is 13.4. The Morgan fingerprint density at radius 1 is 1.11 bits per heavy atom. The van der Waals surface area contributed by atoms with Crippen LogP contribution >= 0.6 is 0 Å². The monoisotopic (exact) mass is 261 g/mol. The first-order valence-electron chi connectivity index (χ1n) is 7.21. The molecule has 1 aromatic rings. The van der Waals surface area contributed by atoms with Crippen LogP contribution in [0.25, 0.3) is 0 Å². The second-order valence-corrected chi connectivity index (χ2v) is 5.84. The summed E-state index contributed by atoms with van der Waals surface area (Å²) in [5.74, 6) is 2.54. The number of fused-ring (bicyclic) bond motifs is 3. The van der Waals surface area contributed by atoms with E-state index in [1.54, 1.807) is 14.2 Å². The minimum absolute atomic E-state index is 0.576. The highest BCUT2D eigenvalue weighted by atomic mass is 16.5. The Hall–Kier alpha value is -1.22. The Bertz CT molecular complexity index is 472.